The first-order valence-electron chi connectivity index (χ1n) is 5.96. The molecule has 0 aliphatic rings. The molecule has 6 nitrogen and oxygen atoms in total. The largest absolute Gasteiger partial charge is 0.466 e. The van der Waals surface area contributed by atoms with Gasteiger partial charge < -0.3 is 14.6 Å². The predicted octanol–water partition coefficient (Wildman–Crippen LogP) is 1.46. The lowest BCUT2D eigenvalue weighted by Gasteiger charge is -2.05. The van der Waals surface area contributed by atoms with Gasteiger partial charge in [0, 0.05) is 12.7 Å². The summed E-state index contributed by atoms with van der Waals surface area (Å²) in [5, 5.41) is 2.64. The fourth-order valence-electron chi connectivity index (χ4n) is 1.76. The highest BCUT2D eigenvalue weighted by atomic mass is 16.5. The van der Waals surface area contributed by atoms with Gasteiger partial charge in [0.25, 0.3) is 0 Å². The number of carbonyl (C=O) groups excluding carboxylic acids is 2. The summed E-state index contributed by atoms with van der Waals surface area (Å²) in [6, 6.07) is 5.40. The van der Waals surface area contributed by atoms with E-state index in [2.05, 4.69) is 10.3 Å². The Morgan fingerprint density at radius 1 is 1.42 bits per heavy atom. The number of nitrogens with one attached hydrogen (secondary N) is 1. The predicted molar refractivity (Wildman–Crippen MR) is 70.6 cm³/mol. The Kier molecular flexibility index (Phi) is 3.79. The fraction of sp³-hybridized carbons (Fsp3) is 0.308. The molecule has 0 unspecified atom stereocenters. The van der Waals surface area contributed by atoms with Crippen LogP contribution in [0.4, 0.5) is 5.69 Å². The van der Waals surface area contributed by atoms with Crippen LogP contribution >= 0.6 is 0 Å². The zero-order valence-corrected chi connectivity index (χ0v) is 10.8. The number of carbonyl (C=O) groups is 2. The molecule has 100 valence electrons. The molecule has 19 heavy (non-hydrogen) atoms. The summed E-state index contributed by atoms with van der Waals surface area (Å²) in [5.74, 6) is -0.923. The molecule has 0 spiro atoms. The first kappa shape index (κ1) is 13.1. The maximum atomic E-state index is 11.6. The van der Waals surface area contributed by atoms with Crippen molar-refractivity contribution in [2.45, 2.75) is 13.3 Å². The molecule has 0 aliphatic carbocycles. The van der Waals surface area contributed by atoms with Crippen LogP contribution in [0.3, 0.4) is 0 Å². The topological polar surface area (TPSA) is 73.2 Å². The van der Waals surface area contributed by atoms with Crippen LogP contribution in [0, 0.1) is 0 Å². The van der Waals surface area contributed by atoms with Crippen molar-refractivity contribution in [2.75, 3.05) is 11.9 Å². The molecule has 2 aromatic rings. The van der Waals surface area contributed by atoms with Crippen molar-refractivity contribution in [1.82, 2.24) is 9.55 Å². The van der Waals surface area contributed by atoms with E-state index in [0.717, 1.165) is 11.0 Å². The highest BCUT2D eigenvalue weighted by Crippen LogP contribution is 2.17. The second kappa shape index (κ2) is 5.51. The van der Waals surface area contributed by atoms with E-state index in [-0.39, 0.29) is 13.0 Å². The second-order valence-electron chi connectivity index (χ2n) is 4.09. The van der Waals surface area contributed by atoms with Crippen LogP contribution in [0.25, 0.3) is 11.0 Å². The number of imidazole rings is 1. The molecule has 6 heteroatoms. The molecule has 0 radical (unpaired) electrons. The number of fused-ring (bicyclic) bond motifs is 1. The number of hydrogen-bond donors (Lipinski definition) is 1. The summed E-state index contributed by atoms with van der Waals surface area (Å²) in [7, 11) is 1.90. The van der Waals surface area contributed by atoms with E-state index in [9.17, 15) is 9.59 Å². The third-order valence-electron chi connectivity index (χ3n) is 2.62. The van der Waals surface area contributed by atoms with Gasteiger partial charge in [0.1, 0.15) is 6.42 Å². The van der Waals surface area contributed by atoms with Crippen molar-refractivity contribution >= 4 is 28.6 Å². The summed E-state index contributed by atoms with van der Waals surface area (Å²) in [5.41, 5.74) is 2.38. The van der Waals surface area contributed by atoms with Gasteiger partial charge in [0.05, 0.1) is 24.0 Å². The van der Waals surface area contributed by atoms with E-state index < -0.39 is 11.9 Å². The highest BCUT2D eigenvalue weighted by molar-refractivity contribution is 6.02. The van der Waals surface area contributed by atoms with Gasteiger partial charge >= 0.3 is 5.97 Å². The van der Waals surface area contributed by atoms with Crippen LogP contribution in [-0.2, 0) is 21.4 Å². The Bertz CT molecular complexity index is 619. The number of benzene rings is 1. The average molecular weight is 261 g/mol. The van der Waals surface area contributed by atoms with E-state index in [0.29, 0.717) is 5.69 Å². The highest BCUT2D eigenvalue weighted by Gasteiger charge is 2.11. The molecule has 0 saturated carbocycles. The quantitative estimate of drug-likeness (QED) is 0.668. The van der Waals surface area contributed by atoms with Crippen molar-refractivity contribution < 1.29 is 14.3 Å². The summed E-state index contributed by atoms with van der Waals surface area (Å²) >= 11 is 0. The molecule has 0 saturated heterocycles. The van der Waals surface area contributed by atoms with Crippen molar-refractivity contribution in [1.29, 1.82) is 0 Å². The lowest BCUT2D eigenvalue weighted by molar-refractivity contribution is -0.145. The maximum absolute atomic E-state index is 11.6. The Morgan fingerprint density at radius 3 is 2.95 bits per heavy atom. The molecular formula is C13H15N3O3. The smallest absolute Gasteiger partial charge is 0.315 e. The monoisotopic (exact) mass is 261 g/mol. The number of nitrogens with zero attached hydrogens (tertiary/aromatic N) is 2. The molecule has 1 N–H and O–H groups in total. The van der Waals surface area contributed by atoms with Gasteiger partial charge in [-0.1, -0.05) is 0 Å². The number of aromatic nitrogens is 2. The van der Waals surface area contributed by atoms with Gasteiger partial charge in [-0.25, -0.2) is 4.98 Å². The number of amides is 1. The molecule has 1 aromatic heterocycles. The van der Waals surface area contributed by atoms with Gasteiger partial charge in [-0.15, -0.1) is 0 Å². The molecule has 0 aliphatic heterocycles. The minimum Gasteiger partial charge on any atom is -0.466 e. The van der Waals surface area contributed by atoms with Crippen LogP contribution in [0.15, 0.2) is 24.5 Å². The van der Waals surface area contributed by atoms with Crippen molar-refractivity contribution in [3.63, 3.8) is 0 Å². The van der Waals surface area contributed by atoms with Crippen LogP contribution in [0.1, 0.15) is 13.3 Å². The Hall–Kier alpha value is -2.37. The van der Waals surface area contributed by atoms with Gasteiger partial charge in [0.15, 0.2) is 0 Å². The first-order valence-corrected chi connectivity index (χ1v) is 5.96. The van der Waals surface area contributed by atoms with E-state index in [1.165, 1.54) is 0 Å². The Labute approximate surface area is 110 Å². The van der Waals surface area contributed by atoms with Crippen molar-refractivity contribution in [2.24, 2.45) is 7.05 Å². The van der Waals surface area contributed by atoms with Crippen molar-refractivity contribution in [3.8, 4) is 0 Å². The number of ether oxygens (including phenoxy) is 1. The van der Waals surface area contributed by atoms with E-state index in [1.807, 2.05) is 17.7 Å². The molecule has 1 aromatic carbocycles. The van der Waals surface area contributed by atoms with Crippen LogP contribution in [0.2, 0.25) is 0 Å². The number of aryl methyl sites for hydroxylation is 1. The number of hydrogen-bond acceptors (Lipinski definition) is 4. The maximum Gasteiger partial charge on any atom is 0.315 e. The fourth-order valence-corrected chi connectivity index (χ4v) is 1.76. The number of esters is 1. The standard InChI is InChI=1S/C13H15N3O3/c1-3-19-13(18)7-12(17)15-9-4-5-11-10(6-9)14-8-16(11)2/h4-6,8H,3,7H2,1-2H3,(H,15,17). The number of rotatable bonds is 4. The van der Waals surface area contributed by atoms with Gasteiger partial charge in [0.2, 0.25) is 5.91 Å². The summed E-state index contributed by atoms with van der Waals surface area (Å²) < 4.78 is 6.60. The Morgan fingerprint density at radius 2 is 2.21 bits per heavy atom. The molecular weight excluding hydrogens is 246 g/mol. The molecule has 2 rings (SSSR count). The van der Waals surface area contributed by atoms with E-state index in [4.69, 9.17) is 4.74 Å². The molecule has 0 bridgehead atoms. The minimum absolute atomic E-state index is 0.270. The first-order chi connectivity index (χ1) is 9.10. The molecule has 1 amide bonds. The van der Waals surface area contributed by atoms with Crippen molar-refractivity contribution in [3.05, 3.63) is 24.5 Å². The Balaban J connectivity index is 2.04. The van der Waals surface area contributed by atoms with Gasteiger partial charge in [-0.2, -0.15) is 0 Å². The number of anilines is 1. The lowest BCUT2D eigenvalue weighted by atomic mass is 10.2. The van der Waals surface area contributed by atoms with Gasteiger partial charge in [-0.05, 0) is 25.1 Å². The van der Waals surface area contributed by atoms with Crippen LogP contribution in [-0.4, -0.2) is 28.0 Å². The van der Waals surface area contributed by atoms with Gasteiger partial charge in [-0.3, -0.25) is 9.59 Å². The zero-order chi connectivity index (χ0) is 13.8. The normalized spacial score (nSPS) is 10.4. The summed E-state index contributed by atoms with van der Waals surface area (Å²) in [4.78, 5) is 27.0. The average Bonchev–Trinajstić information content (AvgIpc) is 2.70. The molecule has 0 atom stereocenters. The van der Waals surface area contributed by atoms with E-state index in [1.54, 1.807) is 25.4 Å². The lowest BCUT2D eigenvalue weighted by Crippen LogP contribution is -2.18. The summed E-state index contributed by atoms with van der Waals surface area (Å²) in [6.45, 7) is 1.97. The third kappa shape index (κ3) is 3.09. The molecule has 0 fully saturated rings. The van der Waals surface area contributed by atoms with E-state index >= 15 is 0 Å². The summed E-state index contributed by atoms with van der Waals surface area (Å²) in [6.07, 6.45) is 1.42. The third-order valence-corrected chi connectivity index (χ3v) is 2.62. The second-order valence-corrected chi connectivity index (χ2v) is 4.09. The van der Waals surface area contributed by atoms with Crippen LogP contribution < -0.4 is 5.32 Å². The van der Waals surface area contributed by atoms with Crippen LogP contribution in [0.5, 0.6) is 0 Å². The SMILES string of the molecule is CCOC(=O)CC(=O)Nc1ccc2c(c1)ncn2C. The minimum atomic E-state index is -0.529. The molecule has 1 heterocycles. The zero-order valence-electron chi connectivity index (χ0n) is 10.8.